The molecular weight excluding hydrogens is 279 g/mol. The van der Waals surface area contributed by atoms with Crippen LogP contribution in [0.1, 0.15) is 30.6 Å². The van der Waals surface area contributed by atoms with Gasteiger partial charge in [0.05, 0.1) is 5.69 Å². The molecule has 1 aromatic heterocycles. The molecule has 1 N–H and O–H groups in total. The predicted molar refractivity (Wildman–Crippen MR) is 77.2 cm³/mol. The standard InChI is InChI=1S/C14H18ClFN4/c1-3-7-17-13(8-10-9-20(2)19-18-10)14-11(15)5-4-6-12(14)16/h4-6,9,13,17H,3,7-8H2,1-2H3. The molecule has 1 heterocycles. The van der Waals surface area contributed by atoms with Crippen LogP contribution in [0.3, 0.4) is 0 Å². The van der Waals surface area contributed by atoms with Gasteiger partial charge in [0.15, 0.2) is 0 Å². The largest absolute Gasteiger partial charge is 0.309 e. The molecule has 0 saturated heterocycles. The fourth-order valence-corrected chi connectivity index (χ4v) is 2.43. The molecule has 1 aromatic carbocycles. The van der Waals surface area contributed by atoms with Crippen molar-refractivity contribution in [2.75, 3.05) is 6.54 Å². The Morgan fingerprint density at radius 3 is 2.85 bits per heavy atom. The van der Waals surface area contributed by atoms with Gasteiger partial charge in [-0.3, -0.25) is 4.68 Å². The van der Waals surface area contributed by atoms with Gasteiger partial charge in [-0.15, -0.1) is 5.10 Å². The molecule has 2 rings (SSSR count). The van der Waals surface area contributed by atoms with Crippen LogP contribution in [0.25, 0.3) is 0 Å². The van der Waals surface area contributed by atoms with Crippen LogP contribution in [-0.4, -0.2) is 21.5 Å². The molecule has 2 aromatic rings. The van der Waals surface area contributed by atoms with Gasteiger partial charge in [0.1, 0.15) is 5.82 Å². The van der Waals surface area contributed by atoms with Gasteiger partial charge >= 0.3 is 0 Å². The van der Waals surface area contributed by atoms with Crippen molar-refractivity contribution < 1.29 is 4.39 Å². The molecule has 0 saturated carbocycles. The fourth-order valence-electron chi connectivity index (χ4n) is 2.14. The molecule has 0 aliphatic carbocycles. The minimum Gasteiger partial charge on any atom is -0.309 e. The molecule has 0 amide bonds. The van der Waals surface area contributed by atoms with E-state index in [4.69, 9.17) is 11.6 Å². The second-order valence-corrected chi connectivity index (χ2v) is 5.14. The zero-order valence-corrected chi connectivity index (χ0v) is 12.4. The third-order valence-electron chi connectivity index (χ3n) is 3.05. The number of nitrogens with zero attached hydrogens (tertiary/aromatic N) is 3. The van der Waals surface area contributed by atoms with E-state index in [0.717, 1.165) is 18.7 Å². The highest BCUT2D eigenvalue weighted by atomic mass is 35.5. The summed E-state index contributed by atoms with van der Waals surface area (Å²) >= 11 is 6.15. The van der Waals surface area contributed by atoms with Gasteiger partial charge in [0.2, 0.25) is 0 Å². The van der Waals surface area contributed by atoms with Gasteiger partial charge in [0.25, 0.3) is 0 Å². The third kappa shape index (κ3) is 3.55. The minimum absolute atomic E-state index is 0.208. The van der Waals surface area contributed by atoms with E-state index in [1.54, 1.807) is 23.9 Å². The summed E-state index contributed by atoms with van der Waals surface area (Å²) in [7, 11) is 1.81. The highest BCUT2D eigenvalue weighted by Crippen LogP contribution is 2.28. The maximum atomic E-state index is 14.1. The number of aryl methyl sites for hydroxylation is 1. The van der Waals surface area contributed by atoms with Crippen molar-refractivity contribution in [3.05, 3.63) is 46.5 Å². The van der Waals surface area contributed by atoms with Crippen molar-refractivity contribution in [3.8, 4) is 0 Å². The highest BCUT2D eigenvalue weighted by Gasteiger charge is 2.20. The first-order valence-corrected chi connectivity index (χ1v) is 7.02. The van der Waals surface area contributed by atoms with Gasteiger partial charge in [-0.25, -0.2) is 4.39 Å². The summed E-state index contributed by atoms with van der Waals surface area (Å²) in [5, 5.41) is 11.7. The Morgan fingerprint density at radius 1 is 1.45 bits per heavy atom. The zero-order chi connectivity index (χ0) is 14.5. The Morgan fingerprint density at radius 2 is 2.25 bits per heavy atom. The topological polar surface area (TPSA) is 42.7 Å². The van der Waals surface area contributed by atoms with Crippen molar-refractivity contribution in [3.63, 3.8) is 0 Å². The van der Waals surface area contributed by atoms with E-state index < -0.39 is 0 Å². The van der Waals surface area contributed by atoms with Crippen molar-refractivity contribution in [1.82, 2.24) is 20.3 Å². The SMILES string of the molecule is CCCNC(Cc1cn(C)nn1)c1c(F)cccc1Cl. The van der Waals surface area contributed by atoms with Gasteiger partial charge in [-0.05, 0) is 25.1 Å². The van der Waals surface area contributed by atoms with E-state index >= 15 is 0 Å². The first-order chi connectivity index (χ1) is 9.61. The van der Waals surface area contributed by atoms with Crippen molar-refractivity contribution in [2.45, 2.75) is 25.8 Å². The Kier molecular flexibility index (Phi) is 5.09. The quantitative estimate of drug-likeness (QED) is 0.891. The van der Waals surface area contributed by atoms with Gasteiger partial charge in [-0.2, -0.15) is 0 Å². The lowest BCUT2D eigenvalue weighted by atomic mass is 10.0. The number of hydrogen-bond donors (Lipinski definition) is 1. The summed E-state index contributed by atoms with van der Waals surface area (Å²) in [6, 6.07) is 4.54. The summed E-state index contributed by atoms with van der Waals surface area (Å²) in [5.74, 6) is -0.296. The maximum Gasteiger partial charge on any atom is 0.129 e. The number of benzene rings is 1. The van der Waals surface area contributed by atoms with Gasteiger partial charge in [-0.1, -0.05) is 29.8 Å². The van der Waals surface area contributed by atoms with Crippen molar-refractivity contribution in [1.29, 1.82) is 0 Å². The van der Waals surface area contributed by atoms with Gasteiger partial charge < -0.3 is 5.32 Å². The minimum atomic E-state index is -0.296. The maximum absolute atomic E-state index is 14.1. The molecule has 0 radical (unpaired) electrons. The second kappa shape index (κ2) is 6.81. The third-order valence-corrected chi connectivity index (χ3v) is 3.38. The average Bonchev–Trinajstić information content (AvgIpc) is 2.81. The lowest BCUT2D eigenvalue weighted by molar-refractivity contribution is 0.493. The normalized spacial score (nSPS) is 12.6. The number of nitrogens with one attached hydrogen (secondary N) is 1. The van der Waals surface area contributed by atoms with Crippen LogP contribution in [0.4, 0.5) is 4.39 Å². The first kappa shape index (κ1) is 14.9. The summed E-state index contributed by atoms with van der Waals surface area (Å²) in [6.07, 6.45) is 3.34. The van der Waals surface area contributed by atoms with E-state index in [1.807, 2.05) is 6.20 Å². The van der Waals surface area contributed by atoms with E-state index in [0.29, 0.717) is 17.0 Å². The molecular formula is C14H18ClFN4. The number of aromatic nitrogens is 3. The number of halogens is 2. The van der Waals surface area contributed by atoms with Gasteiger partial charge in [0, 0.05) is 36.3 Å². The molecule has 4 nitrogen and oxygen atoms in total. The molecule has 1 unspecified atom stereocenters. The average molecular weight is 297 g/mol. The zero-order valence-electron chi connectivity index (χ0n) is 11.6. The molecule has 0 bridgehead atoms. The van der Waals surface area contributed by atoms with Crippen LogP contribution in [0.2, 0.25) is 5.02 Å². The Bertz CT molecular complexity index is 550. The smallest absolute Gasteiger partial charge is 0.129 e. The summed E-state index contributed by atoms with van der Waals surface area (Å²) in [4.78, 5) is 0. The second-order valence-electron chi connectivity index (χ2n) is 4.73. The van der Waals surface area contributed by atoms with Crippen molar-refractivity contribution in [2.24, 2.45) is 7.05 Å². The molecule has 6 heteroatoms. The van der Waals surface area contributed by atoms with Crippen LogP contribution < -0.4 is 5.32 Å². The highest BCUT2D eigenvalue weighted by molar-refractivity contribution is 6.31. The Hall–Kier alpha value is -1.46. The molecule has 0 aliphatic heterocycles. The molecule has 1 atom stereocenters. The summed E-state index contributed by atoms with van der Waals surface area (Å²) in [6.45, 7) is 2.85. The Balaban J connectivity index is 2.27. The molecule has 20 heavy (non-hydrogen) atoms. The predicted octanol–water partition coefficient (Wildman–Crippen LogP) is 2.89. The van der Waals surface area contributed by atoms with Crippen LogP contribution in [-0.2, 0) is 13.5 Å². The van der Waals surface area contributed by atoms with Crippen LogP contribution in [0.15, 0.2) is 24.4 Å². The molecule has 0 fully saturated rings. The van der Waals surface area contributed by atoms with E-state index in [1.165, 1.54) is 6.07 Å². The number of rotatable bonds is 6. The van der Waals surface area contributed by atoms with Crippen LogP contribution >= 0.6 is 11.6 Å². The van der Waals surface area contributed by atoms with Crippen molar-refractivity contribution >= 4 is 11.6 Å². The van der Waals surface area contributed by atoms with Crippen LogP contribution in [0.5, 0.6) is 0 Å². The fraction of sp³-hybridized carbons (Fsp3) is 0.429. The van der Waals surface area contributed by atoms with E-state index in [2.05, 4.69) is 22.6 Å². The lowest BCUT2D eigenvalue weighted by Crippen LogP contribution is -2.25. The van der Waals surface area contributed by atoms with E-state index in [-0.39, 0.29) is 11.9 Å². The molecule has 0 aliphatic rings. The summed E-state index contributed by atoms with van der Waals surface area (Å²) in [5.41, 5.74) is 1.30. The van der Waals surface area contributed by atoms with Crippen LogP contribution in [0, 0.1) is 5.82 Å². The lowest BCUT2D eigenvalue weighted by Gasteiger charge is -2.19. The molecule has 108 valence electrons. The Labute approximate surface area is 122 Å². The summed E-state index contributed by atoms with van der Waals surface area (Å²) < 4.78 is 15.7. The first-order valence-electron chi connectivity index (χ1n) is 6.64. The van der Waals surface area contributed by atoms with E-state index in [9.17, 15) is 4.39 Å². The monoisotopic (exact) mass is 296 g/mol. The molecule has 0 spiro atoms. The number of hydrogen-bond acceptors (Lipinski definition) is 3.